The van der Waals surface area contributed by atoms with E-state index in [-0.39, 0.29) is 18.2 Å². The summed E-state index contributed by atoms with van der Waals surface area (Å²) in [7, 11) is 1.85. The van der Waals surface area contributed by atoms with Crippen molar-refractivity contribution >= 4 is 39.6 Å². The van der Waals surface area contributed by atoms with E-state index >= 15 is 0 Å². The average molecular weight is 349 g/mol. The van der Waals surface area contributed by atoms with Crippen molar-refractivity contribution in [1.29, 1.82) is 0 Å². The zero-order chi connectivity index (χ0) is 16.2. The largest absolute Gasteiger partial charge is 0.345 e. The number of hydrogen-bond acceptors (Lipinski definition) is 5. The van der Waals surface area contributed by atoms with Crippen LogP contribution in [-0.2, 0) is 11.2 Å². The van der Waals surface area contributed by atoms with E-state index in [0.717, 1.165) is 6.54 Å². The molecule has 1 aliphatic carbocycles. The molecule has 5 nitrogen and oxygen atoms in total. The zero-order valence-electron chi connectivity index (χ0n) is 12.9. The first-order chi connectivity index (χ1) is 11.1. The number of thiazole rings is 1. The molecule has 2 aromatic rings. The summed E-state index contributed by atoms with van der Waals surface area (Å²) in [5, 5.41) is 7.00. The number of nitrogens with one attached hydrogen (secondary N) is 1. The number of hydrogen-bond donors (Lipinski definition) is 1. The third-order valence-corrected chi connectivity index (χ3v) is 5.71. The third-order valence-electron chi connectivity index (χ3n) is 4.03. The summed E-state index contributed by atoms with van der Waals surface area (Å²) in [5.41, 5.74) is 0.710. The van der Waals surface area contributed by atoms with Gasteiger partial charge >= 0.3 is 0 Å². The second-order valence-corrected chi connectivity index (χ2v) is 7.63. The highest BCUT2D eigenvalue weighted by Gasteiger charge is 2.22. The standard InChI is InChI=1S/C16H19N3O2S2/c1-19(9-11-4-2-5-11)14(20)8-12-10-23-16(17-12)18-15(21)13-6-3-7-22-13/h3,6-7,10-11H,2,4-5,8-9H2,1H3,(H,17,18,21). The molecule has 0 bridgehead atoms. The molecular formula is C16H19N3O2S2. The zero-order valence-corrected chi connectivity index (χ0v) is 14.6. The van der Waals surface area contributed by atoms with E-state index in [1.807, 2.05) is 23.9 Å². The van der Waals surface area contributed by atoms with Gasteiger partial charge in [0.15, 0.2) is 5.13 Å². The quantitative estimate of drug-likeness (QED) is 0.871. The van der Waals surface area contributed by atoms with E-state index in [9.17, 15) is 9.59 Å². The van der Waals surface area contributed by atoms with Crippen molar-refractivity contribution in [3.63, 3.8) is 0 Å². The number of carbonyl (C=O) groups is 2. The molecule has 1 fully saturated rings. The van der Waals surface area contributed by atoms with Gasteiger partial charge in [-0.3, -0.25) is 14.9 Å². The summed E-state index contributed by atoms with van der Waals surface area (Å²) in [6.45, 7) is 0.838. The summed E-state index contributed by atoms with van der Waals surface area (Å²) < 4.78 is 0. The van der Waals surface area contributed by atoms with Crippen LogP contribution in [0.2, 0.25) is 0 Å². The van der Waals surface area contributed by atoms with Crippen LogP contribution in [0.3, 0.4) is 0 Å². The fourth-order valence-corrected chi connectivity index (χ4v) is 3.79. The number of aromatic nitrogens is 1. The number of carbonyl (C=O) groups excluding carboxylic acids is 2. The van der Waals surface area contributed by atoms with Gasteiger partial charge < -0.3 is 4.90 Å². The summed E-state index contributed by atoms with van der Waals surface area (Å²) in [4.78, 5) is 31.0. The van der Waals surface area contributed by atoms with Gasteiger partial charge in [-0.25, -0.2) is 4.98 Å². The number of likely N-dealkylation sites (N-methyl/N-ethyl adjacent to an activating group) is 1. The molecule has 3 rings (SSSR count). The molecule has 0 aliphatic heterocycles. The van der Waals surface area contributed by atoms with Crippen LogP contribution < -0.4 is 5.32 Å². The normalized spacial score (nSPS) is 14.3. The van der Waals surface area contributed by atoms with Crippen molar-refractivity contribution in [2.75, 3.05) is 18.9 Å². The van der Waals surface area contributed by atoms with Gasteiger partial charge in [0.05, 0.1) is 17.0 Å². The number of anilines is 1. The molecule has 0 spiro atoms. The van der Waals surface area contributed by atoms with Crippen LogP contribution in [0.25, 0.3) is 0 Å². The van der Waals surface area contributed by atoms with Crippen molar-refractivity contribution in [3.8, 4) is 0 Å². The molecule has 0 unspecified atom stereocenters. The Bertz CT molecular complexity index is 677. The molecule has 23 heavy (non-hydrogen) atoms. The first-order valence-corrected chi connectivity index (χ1v) is 9.41. The van der Waals surface area contributed by atoms with Crippen molar-refractivity contribution < 1.29 is 9.59 Å². The molecule has 2 amide bonds. The van der Waals surface area contributed by atoms with Crippen LogP contribution in [0.5, 0.6) is 0 Å². The monoisotopic (exact) mass is 349 g/mol. The molecule has 7 heteroatoms. The van der Waals surface area contributed by atoms with Gasteiger partial charge in [-0.15, -0.1) is 22.7 Å². The van der Waals surface area contributed by atoms with Gasteiger partial charge in [0, 0.05) is 19.0 Å². The van der Waals surface area contributed by atoms with Crippen LogP contribution in [0, 0.1) is 5.92 Å². The van der Waals surface area contributed by atoms with Gasteiger partial charge in [-0.2, -0.15) is 0 Å². The fraction of sp³-hybridized carbons (Fsp3) is 0.438. The molecule has 1 N–H and O–H groups in total. The molecule has 1 saturated carbocycles. The average Bonchev–Trinajstić information content (AvgIpc) is 3.14. The lowest BCUT2D eigenvalue weighted by molar-refractivity contribution is -0.130. The Labute approximate surface area is 143 Å². The Morgan fingerprint density at radius 2 is 2.22 bits per heavy atom. The predicted octanol–water partition coefficient (Wildman–Crippen LogP) is 3.26. The molecular weight excluding hydrogens is 330 g/mol. The summed E-state index contributed by atoms with van der Waals surface area (Å²) in [6, 6.07) is 3.61. The fourth-order valence-electron chi connectivity index (χ4n) is 2.47. The van der Waals surface area contributed by atoms with Gasteiger partial charge in [0.25, 0.3) is 5.91 Å². The summed E-state index contributed by atoms with van der Waals surface area (Å²) >= 11 is 2.74. The molecule has 0 saturated heterocycles. The Hall–Kier alpha value is -1.73. The summed E-state index contributed by atoms with van der Waals surface area (Å²) in [6.07, 6.45) is 4.03. The molecule has 0 radical (unpaired) electrons. The molecule has 122 valence electrons. The first-order valence-electron chi connectivity index (χ1n) is 7.65. The lowest BCUT2D eigenvalue weighted by atomic mass is 9.85. The number of rotatable bonds is 6. The lowest BCUT2D eigenvalue weighted by Gasteiger charge is -2.30. The minimum atomic E-state index is -0.158. The van der Waals surface area contributed by atoms with Crippen molar-refractivity contribution in [2.24, 2.45) is 5.92 Å². The van der Waals surface area contributed by atoms with Gasteiger partial charge in [-0.1, -0.05) is 12.5 Å². The minimum Gasteiger partial charge on any atom is -0.345 e. The van der Waals surface area contributed by atoms with Crippen LogP contribution in [0.15, 0.2) is 22.9 Å². The Morgan fingerprint density at radius 3 is 2.87 bits per heavy atom. The van der Waals surface area contributed by atoms with Crippen LogP contribution in [-0.4, -0.2) is 35.3 Å². The maximum atomic E-state index is 12.2. The molecule has 1 aliphatic rings. The van der Waals surface area contributed by atoms with E-state index in [1.54, 1.807) is 11.0 Å². The second kappa shape index (κ2) is 7.23. The summed E-state index contributed by atoms with van der Waals surface area (Å²) in [5.74, 6) is 0.590. The smallest absolute Gasteiger partial charge is 0.267 e. The highest BCUT2D eigenvalue weighted by atomic mass is 32.1. The van der Waals surface area contributed by atoms with Crippen LogP contribution in [0.1, 0.15) is 34.6 Å². The van der Waals surface area contributed by atoms with Crippen LogP contribution >= 0.6 is 22.7 Å². The maximum Gasteiger partial charge on any atom is 0.267 e. The first kappa shape index (κ1) is 16.1. The van der Waals surface area contributed by atoms with Gasteiger partial charge in [0.2, 0.25) is 5.91 Å². The van der Waals surface area contributed by atoms with Crippen molar-refractivity contribution in [1.82, 2.24) is 9.88 Å². The Morgan fingerprint density at radius 1 is 1.39 bits per heavy atom. The molecule has 0 aromatic carbocycles. The van der Waals surface area contributed by atoms with E-state index in [4.69, 9.17) is 0 Å². The number of thiophene rings is 1. The maximum absolute atomic E-state index is 12.2. The second-order valence-electron chi connectivity index (χ2n) is 5.82. The van der Waals surface area contributed by atoms with Crippen molar-refractivity contribution in [3.05, 3.63) is 33.5 Å². The van der Waals surface area contributed by atoms with E-state index in [2.05, 4.69) is 10.3 Å². The van der Waals surface area contributed by atoms with Gasteiger partial charge in [0.1, 0.15) is 0 Å². The van der Waals surface area contributed by atoms with E-state index in [0.29, 0.717) is 21.6 Å². The number of amides is 2. The van der Waals surface area contributed by atoms with E-state index in [1.165, 1.54) is 41.9 Å². The number of nitrogens with zero attached hydrogens (tertiary/aromatic N) is 2. The lowest BCUT2D eigenvalue weighted by Crippen LogP contribution is -2.35. The molecule has 2 aromatic heterocycles. The Kier molecular flexibility index (Phi) is 5.07. The van der Waals surface area contributed by atoms with Crippen LogP contribution in [0.4, 0.5) is 5.13 Å². The highest BCUT2D eigenvalue weighted by Crippen LogP contribution is 2.27. The predicted molar refractivity (Wildman–Crippen MR) is 93.1 cm³/mol. The van der Waals surface area contributed by atoms with Crippen molar-refractivity contribution in [2.45, 2.75) is 25.7 Å². The Balaban J connectivity index is 1.52. The van der Waals surface area contributed by atoms with Gasteiger partial charge in [-0.05, 0) is 30.2 Å². The van der Waals surface area contributed by atoms with E-state index < -0.39 is 0 Å². The topological polar surface area (TPSA) is 62.3 Å². The molecule has 0 atom stereocenters. The minimum absolute atomic E-state index is 0.0818. The highest BCUT2D eigenvalue weighted by molar-refractivity contribution is 7.14. The molecule has 2 heterocycles. The SMILES string of the molecule is CN(CC1CCC1)C(=O)Cc1csc(NC(=O)c2cccs2)n1. The third kappa shape index (κ3) is 4.17.